The average molecular weight is 497 g/mol. The van der Waals surface area contributed by atoms with Crippen molar-refractivity contribution in [3.63, 3.8) is 0 Å². The van der Waals surface area contributed by atoms with Gasteiger partial charge in [0, 0.05) is 10.6 Å². The molecule has 0 spiro atoms. The second-order valence-corrected chi connectivity index (χ2v) is 11.9. The number of thioether (sulfide) groups is 1. The minimum absolute atomic E-state index is 0.133. The molecule has 6 nitrogen and oxygen atoms in total. The second kappa shape index (κ2) is 9.35. The molecule has 0 saturated carbocycles. The number of rotatable bonds is 5. The average Bonchev–Trinajstić information content (AvgIpc) is 2.83. The van der Waals surface area contributed by atoms with Crippen molar-refractivity contribution >= 4 is 39.1 Å². The molecule has 178 valence electrons. The van der Waals surface area contributed by atoms with Crippen LogP contribution in [0, 0.1) is 0 Å². The van der Waals surface area contributed by atoms with Gasteiger partial charge in [0.1, 0.15) is 5.75 Å². The molecule has 0 unspecified atom stereocenters. The molecule has 3 aromatic rings. The number of benzene rings is 3. The van der Waals surface area contributed by atoms with Crippen molar-refractivity contribution in [2.24, 2.45) is 0 Å². The Bertz CT molecular complexity index is 1300. The Hall–Kier alpha value is -2.97. The number of ether oxygens (including phenoxy) is 1. The van der Waals surface area contributed by atoms with Crippen LogP contribution in [0.3, 0.4) is 0 Å². The van der Waals surface area contributed by atoms with E-state index in [2.05, 4.69) is 26.1 Å². The van der Waals surface area contributed by atoms with E-state index in [4.69, 9.17) is 4.74 Å². The van der Waals surface area contributed by atoms with E-state index in [0.29, 0.717) is 17.1 Å². The maximum absolute atomic E-state index is 13.7. The highest BCUT2D eigenvalue weighted by Crippen LogP contribution is 2.40. The minimum Gasteiger partial charge on any atom is -0.476 e. The summed E-state index contributed by atoms with van der Waals surface area (Å²) >= 11 is 1.57. The second-order valence-electron chi connectivity index (χ2n) is 9.11. The fourth-order valence-corrected chi connectivity index (χ4v) is 5.67. The number of amides is 1. The van der Waals surface area contributed by atoms with E-state index in [0.717, 1.165) is 10.5 Å². The molecule has 1 atom stereocenters. The van der Waals surface area contributed by atoms with Crippen molar-refractivity contribution in [2.45, 2.75) is 42.1 Å². The maximum Gasteiger partial charge on any atom is 0.267 e. The van der Waals surface area contributed by atoms with Gasteiger partial charge in [-0.15, -0.1) is 11.8 Å². The van der Waals surface area contributed by atoms with Gasteiger partial charge in [-0.3, -0.25) is 9.10 Å². The largest absolute Gasteiger partial charge is 0.476 e. The zero-order chi connectivity index (χ0) is 24.5. The Balaban J connectivity index is 1.72. The van der Waals surface area contributed by atoms with Crippen LogP contribution >= 0.6 is 11.8 Å². The van der Waals surface area contributed by atoms with Crippen LogP contribution in [0.25, 0.3) is 0 Å². The maximum atomic E-state index is 13.7. The van der Waals surface area contributed by atoms with Crippen molar-refractivity contribution in [1.29, 1.82) is 0 Å². The van der Waals surface area contributed by atoms with Crippen molar-refractivity contribution in [3.05, 3.63) is 78.4 Å². The first-order chi connectivity index (χ1) is 16.1. The third-order valence-corrected chi connectivity index (χ3v) is 8.17. The normalized spacial score (nSPS) is 15.9. The highest BCUT2D eigenvalue weighted by atomic mass is 32.2. The van der Waals surface area contributed by atoms with Crippen molar-refractivity contribution in [1.82, 2.24) is 0 Å². The van der Waals surface area contributed by atoms with E-state index in [9.17, 15) is 13.2 Å². The molecule has 3 aromatic carbocycles. The topological polar surface area (TPSA) is 75.7 Å². The van der Waals surface area contributed by atoms with Crippen LogP contribution in [0.5, 0.6) is 5.75 Å². The monoisotopic (exact) mass is 496 g/mol. The molecule has 0 fully saturated rings. The SMILES string of the molecule is CSc1cccc(NC(=O)[C@H]2CN(S(=O)(=O)c3ccccc3)c3cc(C(C)(C)C)ccc3O2)c1. The molecule has 1 aliphatic heterocycles. The molecule has 8 heteroatoms. The summed E-state index contributed by atoms with van der Waals surface area (Å²) in [4.78, 5) is 14.3. The number of nitrogens with zero attached hydrogens (tertiary/aromatic N) is 1. The first-order valence-corrected chi connectivity index (χ1v) is 13.6. The van der Waals surface area contributed by atoms with E-state index < -0.39 is 22.0 Å². The van der Waals surface area contributed by atoms with Gasteiger partial charge in [-0.25, -0.2) is 8.42 Å². The standard InChI is InChI=1S/C26H28N2O4S2/c1-26(2,3)18-13-14-23-22(15-18)28(34(30,31)21-11-6-5-7-12-21)17-24(32-23)25(29)27-19-9-8-10-20(16-19)33-4/h5-16,24H,17H2,1-4H3,(H,27,29)/t24-/m1/s1. The third kappa shape index (κ3) is 4.93. The van der Waals surface area contributed by atoms with Crippen molar-refractivity contribution in [3.8, 4) is 5.75 Å². The predicted octanol–water partition coefficient (Wildman–Crippen LogP) is 5.30. The number of hydrogen-bond acceptors (Lipinski definition) is 5. The molecule has 0 bridgehead atoms. The molecule has 1 aliphatic rings. The van der Waals surface area contributed by atoms with Crippen LogP contribution < -0.4 is 14.4 Å². The van der Waals surface area contributed by atoms with Crippen LogP contribution in [-0.4, -0.2) is 33.2 Å². The number of hydrogen-bond donors (Lipinski definition) is 1. The molecular weight excluding hydrogens is 468 g/mol. The van der Waals surface area contributed by atoms with E-state index in [1.54, 1.807) is 54.2 Å². The highest BCUT2D eigenvalue weighted by molar-refractivity contribution is 7.98. The summed E-state index contributed by atoms with van der Waals surface area (Å²) in [6.45, 7) is 6.06. The summed E-state index contributed by atoms with van der Waals surface area (Å²) in [7, 11) is -3.92. The third-order valence-electron chi connectivity index (χ3n) is 5.66. The molecule has 4 rings (SSSR count). The molecule has 1 N–H and O–H groups in total. The smallest absolute Gasteiger partial charge is 0.267 e. The molecule has 0 saturated heterocycles. The lowest BCUT2D eigenvalue weighted by Gasteiger charge is -2.36. The predicted molar refractivity (Wildman–Crippen MR) is 137 cm³/mol. The van der Waals surface area contributed by atoms with Gasteiger partial charge in [-0.1, -0.05) is 51.1 Å². The van der Waals surface area contributed by atoms with Gasteiger partial charge in [0.2, 0.25) is 0 Å². The summed E-state index contributed by atoms with van der Waals surface area (Å²) in [6.07, 6.45) is 0.949. The Kier molecular flexibility index (Phi) is 6.64. The Morgan fingerprint density at radius 3 is 2.44 bits per heavy atom. The number of nitrogens with one attached hydrogen (secondary N) is 1. The van der Waals surface area contributed by atoms with Crippen molar-refractivity contribution in [2.75, 3.05) is 22.4 Å². The van der Waals surface area contributed by atoms with Gasteiger partial charge in [0.05, 0.1) is 17.1 Å². The van der Waals surface area contributed by atoms with Crippen LogP contribution in [0.4, 0.5) is 11.4 Å². The Morgan fingerprint density at radius 1 is 1.03 bits per heavy atom. The zero-order valence-corrected chi connectivity index (χ0v) is 21.2. The number of sulfonamides is 1. The fourth-order valence-electron chi connectivity index (χ4n) is 3.73. The van der Waals surface area contributed by atoms with Gasteiger partial charge in [-0.2, -0.15) is 0 Å². The van der Waals surface area contributed by atoms with E-state index in [-0.39, 0.29) is 16.9 Å². The van der Waals surface area contributed by atoms with E-state index >= 15 is 0 Å². The number of anilines is 2. The van der Waals surface area contributed by atoms with Gasteiger partial charge in [0.15, 0.2) is 6.10 Å². The molecule has 0 aromatic heterocycles. The van der Waals surface area contributed by atoms with Crippen LogP contribution in [0.2, 0.25) is 0 Å². The van der Waals surface area contributed by atoms with Gasteiger partial charge < -0.3 is 10.1 Å². The highest BCUT2D eigenvalue weighted by Gasteiger charge is 2.38. The molecule has 1 heterocycles. The number of carbonyl (C=O) groups is 1. The van der Waals surface area contributed by atoms with Crippen LogP contribution in [0.15, 0.2) is 82.6 Å². The van der Waals surface area contributed by atoms with Gasteiger partial charge in [-0.05, 0) is 59.7 Å². The lowest BCUT2D eigenvalue weighted by Crippen LogP contribution is -2.49. The first-order valence-electron chi connectivity index (χ1n) is 10.9. The van der Waals surface area contributed by atoms with Gasteiger partial charge >= 0.3 is 0 Å². The quantitative estimate of drug-likeness (QED) is 0.485. The molecule has 1 amide bonds. The van der Waals surface area contributed by atoms with Crippen molar-refractivity contribution < 1.29 is 17.9 Å². The molecule has 34 heavy (non-hydrogen) atoms. The van der Waals surface area contributed by atoms with Gasteiger partial charge in [0.25, 0.3) is 15.9 Å². The summed E-state index contributed by atoms with van der Waals surface area (Å²) in [5.41, 5.74) is 1.85. The summed E-state index contributed by atoms with van der Waals surface area (Å²) < 4.78 is 34.6. The molecular formula is C26H28N2O4S2. The zero-order valence-electron chi connectivity index (χ0n) is 19.6. The van der Waals surface area contributed by atoms with E-state index in [1.807, 2.05) is 36.6 Å². The van der Waals surface area contributed by atoms with Crippen LogP contribution in [0.1, 0.15) is 26.3 Å². The number of carbonyl (C=O) groups excluding carboxylic acids is 1. The lowest BCUT2D eigenvalue weighted by molar-refractivity contribution is -0.122. The summed E-state index contributed by atoms with van der Waals surface area (Å²) in [5, 5.41) is 2.87. The fraction of sp³-hybridized carbons (Fsp3) is 0.269. The molecule has 0 radical (unpaired) electrons. The minimum atomic E-state index is -3.92. The van der Waals surface area contributed by atoms with Crippen LogP contribution in [-0.2, 0) is 20.2 Å². The molecule has 0 aliphatic carbocycles. The lowest BCUT2D eigenvalue weighted by atomic mass is 9.86. The summed E-state index contributed by atoms with van der Waals surface area (Å²) in [5.74, 6) is -0.0474. The van der Waals surface area contributed by atoms with E-state index in [1.165, 1.54) is 4.31 Å². The Morgan fingerprint density at radius 2 is 1.76 bits per heavy atom. The Labute approximate surface area is 205 Å². The number of fused-ring (bicyclic) bond motifs is 1. The summed E-state index contributed by atoms with van der Waals surface area (Å²) in [6, 6.07) is 21.2. The first kappa shape index (κ1) is 24.2.